The van der Waals surface area contributed by atoms with Crippen molar-refractivity contribution < 1.29 is 28.9 Å². The number of carbonyl (C=O) groups excluding carboxylic acids is 1. The Balaban J connectivity index is 1.70. The van der Waals surface area contributed by atoms with Gasteiger partial charge in [-0.05, 0) is 75.0 Å². The third-order valence-electron chi connectivity index (χ3n) is 5.88. The second-order valence-electron chi connectivity index (χ2n) is 8.45. The molecule has 1 saturated carbocycles. The van der Waals surface area contributed by atoms with Gasteiger partial charge in [-0.2, -0.15) is 0 Å². The van der Waals surface area contributed by atoms with Crippen molar-refractivity contribution in [2.45, 2.75) is 76.7 Å². The number of halogens is 2. The molecule has 0 spiro atoms. The lowest BCUT2D eigenvalue weighted by Crippen LogP contribution is -2.24. The van der Waals surface area contributed by atoms with E-state index in [1.807, 2.05) is 19.1 Å². The molecule has 1 aliphatic carbocycles. The zero-order valence-corrected chi connectivity index (χ0v) is 19.6. The van der Waals surface area contributed by atoms with Gasteiger partial charge >= 0.3 is 5.97 Å². The Bertz CT molecular complexity index is 713. The van der Waals surface area contributed by atoms with Gasteiger partial charge in [-0.1, -0.05) is 36.7 Å². The Hall–Kier alpha value is -1.63. The fourth-order valence-corrected chi connectivity index (χ4v) is 4.37. The molecule has 0 aromatic heterocycles. The third-order valence-corrected chi connectivity index (χ3v) is 6.11. The van der Waals surface area contributed by atoms with Gasteiger partial charge in [0.1, 0.15) is 18.5 Å². The molecule has 5 nitrogen and oxygen atoms in total. The quantitative estimate of drug-likeness (QED) is 0.286. The number of carbonyl (C=O) groups is 1. The van der Waals surface area contributed by atoms with E-state index in [0.29, 0.717) is 43.1 Å². The molecule has 1 aliphatic rings. The smallest absolute Gasteiger partial charge is 0.306 e. The van der Waals surface area contributed by atoms with Crippen molar-refractivity contribution in [2.24, 2.45) is 11.8 Å². The monoisotopic (exact) mass is 470 g/mol. The Morgan fingerprint density at radius 3 is 2.66 bits per heavy atom. The first-order valence-electron chi connectivity index (χ1n) is 11.6. The van der Waals surface area contributed by atoms with Crippen LogP contribution >= 0.6 is 11.6 Å². The molecule has 0 saturated heterocycles. The van der Waals surface area contributed by atoms with Gasteiger partial charge < -0.3 is 19.7 Å². The molecule has 0 aliphatic heterocycles. The van der Waals surface area contributed by atoms with Gasteiger partial charge in [0.25, 0.3) is 0 Å². The summed E-state index contributed by atoms with van der Waals surface area (Å²) in [4.78, 5) is 11.5. The maximum atomic E-state index is 14.4. The lowest BCUT2D eigenvalue weighted by molar-refractivity contribution is -0.143. The third kappa shape index (κ3) is 9.47. The van der Waals surface area contributed by atoms with E-state index in [2.05, 4.69) is 0 Å². The van der Waals surface area contributed by atoms with E-state index in [4.69, 9.17) is 21.1 Å². The number of hydrogen-bond acceptors (Lipinski definition) is 5. The van der Waals surface area contributed by atoms with Crippen molar-refractivity contribution in [3.63, 3.8) is 0 Å². The second kappa shape index (κ2) is 14.5. The highest BCUT2D eigenvalue weighted by Crippen LogP contribution is 2.39. The summed E-state index contributed by atoms with van der Waals surface area (Å²) in [5, 5.41) is 21.2. The highest BCUT2D eigenvalue weighted by molar-refractivity contribution is 6.30. The molecule has 1 aromatic rings. The van der Waals surface area contributed by atoms with Crippen molar-refractivity contribution >= 4 is 17.6 Å². The predicted octanol–water partition coefficient (Wildman–Crippen LogP) is 5.26. The number of benzene rings is 1. The first-order valence-corrected chi connectivity index (χ1v) is 12.0. The molecule has 0 bridgehead atoms. The summed E-state index contributed by atoms with van der Waals surface area (Å²) in [7, 11) is 0. The van der Waals surface area contributed by atoms with Crippen molar-refractivity contribution in [1.29, 1.82) is 0 Å². The minimum Gasteiger partial charge on any atom is -0.491 e. The Kier molecular flexibility index (Phi) is 12.1. The molecule has 0 amide bonds. The summed E-state index contributed by atoms with van der Waals surface area (Å²) >= 11 is 5.90. The summed E-state index contributed by atoms with van der Waals surface area (Å²) in [6, 6.07) is 6.85. The summed E-state index contributed by atoms with van der Waals surface area (Å²) < 4.78 is 24.9. The molecule has 180 valence electrons. The largest absolute Gasteiger partial charge is 0.491 e. The normalized spacial score (nSPS) is 24.0. The molecule has 0 radical (unpaired) electrons. The molecule has 32 heavy (non-hydrogen) atoms. The van der Waals surface area contributed by atoms with Gasteiger partial charge in [0.2, 0.25) is 0 Å². The van der Waals surface area contributed by atoms with E-state index in [0.717, 1.165) is 19.3 Å². The van der Waals surface area contributed by atoms with Gasteiger partial charge in [0.05, 0.1) is 18.8 Å². The van der Waals surface area contributed by atoms with E-state index in [1.165, 1.54) is 0 Å². The molecule has 7 heteroatoms. The average molecular weight is 471 g/mol. The van der Waals surface area contributed by atoms with E-state index in [9.17, 15) is 19.4 Å². The van der Waals surface area contributed by atoms with Crippen LogP contribution in [0, 0.1) is 11.8 Å². The van der Waals surface area contributed by atoms with Gasteiger partial charge in [0.15, 0.2) is 0 Å². The highest BCUT2D eigenvalue weighted by atomic mass is 35.5. The zero-order chi connectivity index (χ0) is 23.3. The minimum atomic E-state index is -1.16. The Morgan fingerprint density at radius 2 is 1.94 bits per heavy atom. The first kappa shape index (κ1) is 26.6. The van der Waals surface area contributed by atoms with Crippen LogP contribution in [0.3, 0.4) is 0 Å². The van der Waals surface area contributed by atoms with Crippen LogP contribution in [0.1, 0.15) is 58.3 Å². The van der Waals surface area contributed by atoms with Crippen LogP contribution in [0.2, 0.25) is 5.02 Å². The number of ether oxygens (including phenoxy) is 2. The maximum Gasteiger partial charge on any atom is 0.306 e. The lowest BCUT2D eigenvalue weighted by atomic mass is 9.85. The highest BCUT2D eigenvalue weighted by Gasteiger charge is 2.40. The van der Waals surface area contributed by atoms with Gasteiger partial charge in [-0.15, -0.1) is 0 Å². The minimum absolute atomic E-state index is 0.0646. The van der Waals surface area contributed by atoms with Crippen LogP contribution in [0.5, 0.6) is 5.75 Å². The molecular weight excluding hydrogens is 435 g/mol. The average Bonchev–Trinajstić information content (AvgIpc) is 3.03. The first-order chi connectivity index (χ1) is 15.4. The molecule has 5 atom stereocenters. The summed E-state index contributed by atoms with van der Waals surface area (Å²) in [5.41, 5.74) is 0. The number of esters is 1. The van der Waals surface area contributed by atoms with E-state index in [1.54, 1.807) is 24.3 Å². The predicted molar refractivity (Wildman–Crippen MR) is 124 cm³/mol. The van der Waals surface area contributed by atoms with E-state index >= 15 is 0 Å². The van der Waals surface area contributed by atoms with Crippen molar-refractivity contribution in [3.05, 3.63) is 41.4 Å². The molecule has 2 rings (SSSR count). The topological polar surface area (TPSA) is 76.0 Å². The number of allylic oxidation sites excluding steroid dienone is 2. The Morgan fingerprint density at radius 1 is 1.22 bits per heavy atom. The summed E-state index contributed by atoms with van der Waals surface area (Å²) in [6.45, 7) is 2.34. The second-order valence-corrected chi connectivity index (χ2v) is 8.89. The SMILES string of the molecule is CCCOC(=O)CCC=CCC[C@@H]1[C@@H](CC[C@@H](F)COc2cccc(Cl)c2)[C@H](O)C[C@@H]1O. The standard InChI is InChI=1S/C25H36ClFO5/c1-2-14-31-25(30)11-6-4-3-5-10-21-22(24(29)16-23(21)28)13-12-19(27)17-32-20-9-7-8-18(26)15-20/h3-4,7-9,15,19,21-24,28-29H,2,5-6,10-14,16-17H2,1H3/t19-,21-,22-,23+,24-/m1/s1. The lowest BCUT2D eigenvalue weighted by Gasteiger charge is -2.24. The fraction of sp³-hybridized carbons (Fsp3) is 0.640. The van der Waals surface area contributed by atoms with Crippen LogP contribution < -0.4 is 4.74 Å². The summed E-state index contributed by atoms with van der Waals surface area (Å²) in [6.07, 6.45) is 5.95. The van der Waals surface area contributed by atoms with Gasteiger partial charge in [-0.3, -0.25) is 4.79 Å². The number of aliphatic hydroxyl groups is 2. The van der Waals surface area contributed by atoms with Crippen LogP contribution in [-0.2, 0) is 9.53 Å². The maximum absolute atomic E-state index is 14.4. The number of alkyl halides is 1. The van der Waals surface area contributed by atoms with Gasteiger partial charge in [0, 0.05) is 11.4 Å². The molecular formula is C25H36ClFO5. The van der Waals surface area contributed by atoms with E-state index in [-0.39, 0.29) is 30.8 Å². The van der Waals surface area contributed by atoms with Crippen molar-refractivity contribution in [3.8, 4) is 5.75 Å². The van der Waals surface area contributed by atoms with E-state index < -0.39 is 18.4 Å². The van der Waals surface area contributed by atoms with Crippen LogP contribution in [-0.4, -0.2) is 47.8 Å². The summed E-state index contributed by atoms with van der Waals surface area (Å²) in [5.74, 6) is 0.142. The fourth-order valence-electron chi connectivity index (χ4n) is 4.19. The Labute approximate surface area is 195 Å². The van der Waals surface area contributed by atoms with Crippen LogP contribution in [0.15, 0.2) is 36.4 Å². The van der Waals surface area contributed by atoms with Crippen molar-refractivity contribution in [2.75, 3.05) is 13.2 Å². The van der Waals surface area contributed by atoms with Crippen molar-refractivity contribution in [1.82, 2.24) is 0 Å². The zero-order valence-electron chi connectivity index (χ0n) is 18.8. The molecule has 1 fully saturated rings. The van der Waals surface area contributed by atoms with Gasteiger partial charge in [-0.25, -0.2) is 4.39 Å². The van der Waals surface area contributed by atoms with Crippen LogP contribution in [0.4, 0.5) is 4.39 Å². The molecule has 2 N–H and O–H groups in total. The molecule has 0 heterocycles. The molecule has 1 aromatic carbocycles. The number of aliphatic hydroxyl groups excluding tert-OH is 2. The number of rotatable bonds is 14. The van der Waals surface area contributed by atoms with Crippen LogP contribution in [0.25, 0.3) is 0 Å². The number of hydrogen-bond donors (Lipinski definition) is 2. The molecule has 0 unspecified atom stereocenters.